The van der Waals surface area contributed by atoms with Crippen molar-refractivity contribution in [3.05, 3.63) is 77.4 Å². The molecule has 0 spiro atoms. The van der Waals surface area contributed by atoms with Crippen molar-refractivity contribution in [1.29, 1.82) is 0 Å². The number of carbonyl (C=O) groups is 1. The molecule has 1 aliphatic heterocycles. The number of amides is 1. The number of hydrogen-bond donors (Lipinski definition) is 2. The maximum absolute atomic E-state index is 12.8. The molecule has 1 aromatic heterocycles. The molecule has 0 fully saturated rings. The molecule has 0 radical (unpaired) electrons. The van der Waals surface area contributed by atoms with Crippen LogP contribution in [-0.4, -0.2) is 29.5 Å². The molecule has 2 heterocycles. The van der Waals surface area contributed by atoms with Gasteiger partial charge in [0.15, 0.2) is 0 Å². The highest BCUT2D eigenvalue weighted by atomic mass is 16.2. The summed E-state index contributed by atoms with van der Waals surface area (Å²) >= 11 is 0. The van der Waals surface area contributed by atoms with Crippen molar-refractivity contribution in [2.24, 2.45) is 0 Å². The monoisotopic (exact) mass is 337 g/mol. The third-order valence-electron chi connectivity index (χ3n) is 4.78. The maximum atomic E-state index is 12.8. The van der Waals surface area contributed by atoms with E-state index < -0.39 is 5.79 Å². The van der Waals surface area contributed by atoms with Crippen molar-refractivity contribution in [2.45, 2.75) is 26.1 Å². The van der Waals surface area contributed by atoms with Crippen LogP contribution in [0.2, 0.25) is 0 Å². The van der Waals surface area contributed by atoms with Crippen molar-refractivity contribution in [1.82, 2.24) is 15.6 Å². The average Bonchev–Trinajstić information content (AvgIpc) is 2.83. The van der Waals surface area contributed by atoms with Gasteiger partial charge in [0, 0.05) is 12.4 Å². The lowest BCUT2D eigenvalue weighted by Gasteiger charge is -2.43. The van der Waals surface area contributed by atoms with Gasteiger partial charge in [0.1, 0.15) is 6.20 Å². The van der Waals surface area contributed by atoms with Gasteiger partial charge in [0.2, 0.25) is 5.91 Å². The molecule has 5 nitrogen and oxygen atoms in total. The molecule has 1 unspecified atom stereocenters. The second-order valence-electron chi connectivity index (χ2n) is 7.12. The largest absolute Gasteiger partial charge is 0.313 e. The van der Waals surface area contributed by atoms with Crippen molar-refractivity contribution in [3.8, 4) is 0 Å². The summed E-state index contributed by atoms with van der Waals surface area (Å²) in [5.74, 6) is -0.771. The van der Waals surface area contributed by atoms with Crippen LogP contribution in [0.15, 0.2) is 55.1 Å². The number of rotatable bonds is 4. The molecule has 130 valence electrons. The quantitative estimate of drug-likeness (QED) is 0.842. The first-order chi connectivity index (χ1) is 11.8. The van der Waals surface area contributed by atoms with Gasteiger partial charge in [-0.1, -0.05) is 23.8 Å². The average molecular weight is 337 g/mol. The predicted molar refractivity (Wildman–Crippen MR) is 98.1 cm³/mol. The van der Waals surface area contributed by atoms with E-state index in [1.807, 2.05) is 24.5 Å². The molecular weight excluding hydrogens is 312 g/mol. The van der Waals surface area contributed by atoms with Gasteiger partial charge in [0.25, 0.3) is 5.79 Å². The zero-order chi connectivity index (χ0) is 18.1. The molecule has 1 atom stereocenters. The maximum Gasteiger partial charge on any atom is 0.284 e. The minimum absolute atomic E-state index is 0.0459. The van der Waals surface area contributed by atoms with Crippen LogP contribution >= 0.6 is 0 Å². The van der Waals surface area contributed by atoms with E-state index in [1.165, 1.54) is 5.56 Å². The fraction of sp³-hybridized carbons (Fsp3) is 0.300. The Labute approximate surface area is 149 Å². The van der Waals surface area contributed by atoms with Gasteiger partial charge in [-0.25, -0.2) is 0 Å². The Morgan fingerprint density at radius 1 is 1.28 bits per heavy atom. The first kappa shape index (κ1) is 17.2. The molecule has 1 aromatic carbocycles. The molecule has 0 bridgehead atoms. The third-order valence-corrected chi connectivity index (χ3v) is 4.78. The third kappa shape index (κ3) is 3.15. The highest BCUT2D eigenvalue weighted by Crippen LogP contribution is 2.34. The van der Waals surface area contributed by atoms with Gasteiger partial charge in [-0.15, -0.1) is 0 Å². The van der Waals surface area contributed by atoms with Crippen LogP contribution in [0.4, 0.5) is 0 Å². The molecule has 1 amide bonds. The smallest absolute Gasteiger partial charge is 0.284 e. The summed E-state index contributed by atoms with van der Waals surface area (Å²) in [7, 11) is 4.14. The second-order valence-corrected chi connectivity index (χ2v) is 7.12. The Bertz CT molecular complexity index is 814. The molecule has 3 rings (SSSR count). The Morgan fingerprint density at radius 2 is 2.08 bits per heavy atom. The molecular formula is C20H25N4O+. The number of quaternary nitrogens is 1. The van der Waals surface area contributed by atoms with Crippen LogP contribution in [0.3, 0.4) is 0 Å². The number of aromatic nitrogens is 1. The lowest BCUT2D eigenvalue weighted by molar-refractivity contribution is -0.903. The molecule has 0 saturated carbocycles. The second kappa shape index (κ2) is 6.33. The van der Waals surface area contributed by atoms with Crippen LogP contribution in [-0.2, 0) is 17.0 Å². The minimum atomic E-state index is -0.725. The molecule has 0 aliphatic carbocycles. The molecule has 2 N–H and O–H groups in total. The summed E-state index contributed by atoms with van der Waals surface area (Å²) in [6.45, 7) is 4.15. The number of carbonyl (C=O) groups excluding carboxylic acids is 1. The summed E-state index contributed by atoms with van der Waals surface area (Å²) in [6.07, 6.45) is 7.68. The molecule has 25 heavy (non-hydrogen) atoms. The molecule has 2 aromatic rings. The van der Waals surface area contributed by atoms with Gasteiger partial charge in [-0.05, 0) is 37.1 Å². The number of hydrogen-bond acceptors (Lipinski definition) is 3. The number of pyridine rings is 1. The fourth-order valence-electron chi connectivity index (χ4n) is 3.41. The van der Waals surface area contributed by atoms with E-state index in [1.54, 1.807) is 12.4 Å². The topological polar surface area (TPSA) is 54.0 Å². The summed E-state index contributed by atoms with van der Waals surface area (Å²) in [6, 6.07) is 10.1. The van der Waals surface area contributed by atoms with Gasteiger partial charge in [-0.3, -0.25) is 19.6 Å². The van der Waals surface area contributed by atoms with Crippen LogP contribution in [0.25, 0.3) is 0 Å². The van der Waals surface area contributed by atoms with E-state index in [9.17, 15) is 4.79 Å². The summed E-state index contributed by atoms with van der Waals surface area (Å²) in [5.41, 5.74) is 4.30. The molecule has 1 aliphatic rings. The van der Waals surface area contributed by atoms with E-state index in [4.69, 9.17) is 0 Å². The van der Waals surface area contributed by atoms with Crippen molar-refractivity contribution >= 4 is 5.91 Å². The van der Waals surface area contributed by atoms with E-state index in [2.05, 4.69) is 61.8 Å². The molecule has 5 heteroatoms. The van der Waals surface area contributed by atoms with E-state index in [0.29, 0.717) is 10.9 Å². The lowest BCUT2D eigenvalue weighted by Crippen LogP contribution is -2.67. The SMILES string of the molecule is Cc1ccc(C2(NC(=O)Cc3cccnc3)NC=C[N+]2(C)C)c(C)c1. The Hall–Kier alpha value is -2.66. The van der Waals surface area contributed by atoms with Crippen LogP contribution in [0, 0.1) is 13.8 Å². The minimum Gasteiger partial charge on any atom is -0.313 e. The highest BCUT2D eigenvalue weighted by Gasteiger charge is 2.51. The van der Waals surface area contributed by atoms with Gasteiger partial charge in [-0.2, -0.15) is 0 Å². The number of aryl methyl sites for hydroxylation is 2. The summed E-state index contributed by atoms with van der Waals surface area (Å²) in [5, 5.41) is 6.64. The van der Waals surface area contributed by atoms with E-state index in [-0.39, 0.29) is 5.91 Å². The fourth-order valence-corrected chi connectivity index (χ4v) is 3.41. The van der Waals surface area contributed by atoms with Crippen LogP contribution in [0.1, 0.15) is 22.3 Å². The van der Waals surface area contributed by atoms with Crippen molar-refractivity contribution < 1.29 is 9.28 Å². The van der Waals surface area contributed by atoms with Gasteiger partial charge >= 0.3 is 0 Å². The van der Waals surface area contributed by atoms with E-state index in [0.717, 1.165) is 16.7 Å². The Kier molecular flexibility index (Phi) is 4.35. The highest BCUT2D eigenvalue weighted by molar-refractivity contribution is 5.79. The first-order valence-electron chi connectivity index (χ1n) is 8.41. The lowest BCUT2D eigenvalue weighted by atomic mass is 9.97. The number of benzene rings is 1. The van der Waals surface area contributed by atoms with Crippen LogP contribution < -0.4 is 10.6 Å². The van der Waals surface area contributed by atoms with Gasteiger partial charge < -0.3 is 5.32 Å². The van der Waals surface area contributed by atoms with Crippen molar-refractivity contribution in [2.75, 3.05) is 14.1 Å². The number of nitrogens with one attached hydrogen (secondary N) is 2. The van der Waals surface area contributed by atoms with Crippen LogP contribution in [0.5, 0.6) is 0 Å². The van der Waals surface area contributed by atoms with Gasteiger partial charge in [0.05, 0.1) is 32.3 Å². The standard InChI is InChI=1S/C20H24N4O/c1-15-7-8-18(16(2)12-15)20(22-10-11-24(20,3)4)23-19(25)13-17-6-5-9-21-14-17/h5-12,14,22H,13H2,1-4H3/p+1. The number of nitrogens with zero attached hydrogens (tertiary/aromatic N) is 2. The summed E-state index contributed by atoms with van der Waals surface area (Å²) in [4.78, 5) is 16.9. The zero-order valence-corrected chi connectivity index (χ0v) is 15.2. The predicted octanol–water partition coefficient (Wildman–Crippen LogP) is 2.32. The first-order valence-corrected chi connectivity index (χ1v) is 8.41. The van der Waals surface area contributed by atoms with Crippen molar-refractivity contribution in [3.63, 3.8) is 0 Å². The zero-order valence-electron chi connectivity index (χ0n) is 15.2. The Balaban J connectivity index is 1.95. The molecule has 0 saturated heterocycles. The normalized spacial score (nSPS) is 21.0. The van der Waals surface area contributed by atoms with E-state index >= 15 is 0 Å². The summed E-state index contributed by atoms with van der Waals surface area (Å²) < 4.78 is 0.482. The Morgan fingerprint density at radius 3 is 2.68 bits per heavy atom.